The summed E-state index contributed by atoms with van der Waals surface area (Å²) in [5, 5.41) is 12.1. The predicted molar refractivity (Wildman–Crippen MR) is 183 cm³/mol. The molecule has 0 radical (unpaired) electrons. The molecule has 2 N–H and O–H groups in total. The lowest BCUT2D eigenvalue weighted by molar-refractivity contribution is -0.123. The summed E-state index contributed by atoms with van der Waals surface area (Å²) < 4.78 is 12.0. The standard InChI is InChI=1S/C37H39N5O5/c1-24-10-12-27(13-11-24)42-34(22-33(41-42)37(2,3)4)40-36(45)39-32-15-14-31(29-8-6-7-9-30(29)32)35(44)25-16-17-38-26(20-25)21-28(43)23-47-19-18-46-5/h6-17,20,22H,18-19,21,23H2,1-5H3,(H2,39,40,45). The normalized spacial score (nSPS) is 11.4. The molecule has 0 atom stereocenters. The topological polar surface area (TPSA) is 124 Å². The second kappa shape index (κ2) is 14.5. The van der Waals surface area contributed by atoms with Crippen LogP contribution in [0.25, 0.3) is 16.5 Å². The second-order valence-electron chi connectivity index (χ2n) is 12.3. The summed E-state index contributed by atoms with van der Waals surface area (Å²) in [5.74, 6) is 0.163. The maximum absolute atomic E-state index is 13.7. The Morgan fingerprint density at radius 3 is 2.34 bits per heavy atom. The predicted octanol–water partition coefficient (Wildman–Crippen LogP) is 6.68. The van der Waals surface area contributed by atoms with Crippen LogP contribution in [0.15, 0.2) is 85.1 Å². The molecular weight excluding hydrogens is 594 g/mol. The lowest BCUT2D eigenvalue weighted by atomic mass is 9.92. The fourth-order valence-corrected chi connectivity index (χ4v) is 5.05. The number of rotatable bonds is 12. The molecule has 47 heavy (non-hydrogen) atoms. The number of ether oxygens (including phenoxy) is 2. The van der Waals surface area contributed by atoms with Crippen LogP contribution in [0.5, 0.6) is 0 Å². The van der Waals surface area contributed by atoms with Crippen LogP contribution in [0.1, 0.15) is 53.6 Å². The Morgan fingerprint density at radius 1 is 0.872 bits per heavy atom. The van der Waals surface area contributed by atoms with Crippen LogP contribution < -0.4 is 10.6 Å². The Labute approximate surface area is 274 Å². The number of nitrogens with zero attached hydrogens (tertiary/aromatic N) is 3. The number of aromatic nitrogens is 3. The Hall–Kier alpha value is -5.19. The van der Waals surface area contributed by atoms with Gasteiger partial charge in [-0.05, 0) is 48.7 Å². The molecule has 3 aromatic carbocycles. The van der Waals surface area contributed by atoms with Crippen molar-refractivity contribution in [1.82, 2.24) is 14.8 Å². The largest absolute Gasteiger partial charge is 0.382 e. The zero-order valence-corrected chi connectivity index (χ0v) is 27.3. The number of ketones is 2. The molecule has 0 aliphatic heterocycles. The summed E-state index contributed by atoms with van der Waals surface area (Å²) in [5.41, 5.74) is 4.45. The third kappa shape index (κ3) is 8.16. The molecule has 5 rings (SSSR count). The van der Waals surface area contributed by atoms with Crippen molar-refractivity contribution >= 4 is 39.9 Å². The van der Waals surface area contributed by atoms with Crippen molar-refractivity contribution in [2.24, 2.45) is 0 Å². The first kappa shape index (κ1) is 33.2. The number of nitrogens with one attached hydrogen (secondary N) is 2. The van der Waals surface area contributed by atoms with Gasteiger partial charge in [-0.25, -0.2) is 9.48 Å². The van der Waals surface area contributed by atoms with Crippen molar-refractivity contribution in [3.8, 4) is 5.69 Å². The number of Topliss-reactive ketones (excluding diaryl/α,β-unsaturated/α-hetero) is 1. The van der Waals surface area contributed by atoms with E-state index in [1.54, 1.807) is 36.1 Å². The maximum Gasteiger partial charge on any atom is 0.324 e. The number of benzene rings is 3. The minimum Gasteiger partial charge on any atom is -0.382 e. The molecule has 242 valence electrons. The molecule has 2 amide bonds. The van der Waals surface area contributed by atoms with Gasteiger partial charge in [0.25, 0.3) is 0 Å². The van der Waals surface area contributed by atoms with Gasteiger partial charge in [0.05, 0.1) is 36.7 Å². The highest BCUT2D eigenvalue weighted by molar-refractivity contribution is 6.19. The van der Waals surface area contributed by atoms with Crippen molar-refractivity contribution in [1.29, 1.82) is 0 Å². The molecule has 2 aromatic heterocycles. The van der Waals surface area contributed by atoms with E-state index in [1.807, 2.05) is 61.5 Å². The second-order valence-corrected chi connectivity index (χ2v) is 12.3. The highest BCUT2D eigenvalue weighted by atomic mass is 16.5. The summed E-state index contributed by atoms with van der Waals surface area (Å²) in [4.78, 5) is 43.8. The fourth-order valence-electron chi connectivity index (χ4n) is 5.05. The summed E-state index contributed by atoms with van der Waals surface area (Å²) >= 11 is 0. The fraction of sp³-hybridized carbons (Fsp3) is 0.270. The number of hydrogen-bond acceptors (Lipinski definition) is 7. The van der Waals surface area contributed by atoms with E-state index in [4.69, 9.17) is 14.6 Å². The van der Waals surface area contributed by atoms with E-state index >= 15 is 0 Å². The number of hydrogen-bond donors (Lipinski definition) is 2. The molecule has 0 aliphatic carbocycles. The van der Waals surface area contributed by atoms with Crippen molar-refractivity contribution in [2.45, 2.75) is 39.5 Å². The molecule has 0 saturated heterocycles. The van der Waals surface area contributed by atoms with E-state index in [-0.39, 0.29) is 30.0 Å². The molecule has 2 heterocycles. The highest BCUT2D eigenvalue weighted by Gasteiger charge is 2.22. The third-order valence-electron chi connectivity index (χ3n) is 7.57. The van der Waals surface area contributed by atoms with Crippen LogP contribution in [-0.4, -0.2) is 59.3 Å². The average molecular weight is 634 g/mol. The molecule has 10 nitrogen and oxygen atoms in total. The Balaban J connectivity index is 1.36. The SMILES string of the molecule is COCCOCC(=O)Cc1cc(C(=O)c2ccc(NC(=O)Nc3cc(C(C)(C)C)nn3-c3ccc(C)cc3)c3ccccc23)ccn1. The number of pyridine rings is 1. The maximum atomic E-state index is 13.7. The minimum absolute atomic E-state index is 0.0485. The molecule has 0 saturated carbocycles. The smallest absolute Gasteiger partial charge is 0.324 e. The van der Waals surface area contributed by atoms with E-state index in [0.717, 1.165) is 16.9 Å². The van der Waals surface area contributed by atoms with Gasteiger partial charge in [-0.1, -0.05) is 62.7 Å². The van der Waals surface area contributed by atoms with Crippen LogP contribution in [0.2, 0.25) is 0 Å². The molecule has 0 spiro atoms. The monoisotopic (exact) mass is 633 g/mol. The van der Waals surface area contributed by atoms with Gasteiger partial charge >= 0.3 is 6.03 Å². The van der Waals surface area contributed by atoms with Gasteiger partial charge in [0, 0.05) is 47.0 Å². The van der Waals surface area contributed by atoms with E-state index in [0.29, 0.717) is 52.3 Å². The lowest BCUT2D eigenvalue weighted by Gasteiger charge is -2.14. The number of anilines is 2. The number of urea groups is 1. The Bertz CT molecular complexity index is 1910. The van der Waals surface area contributed by atoms with Crippen LogP contribution in [-0.2, 0) is 26.1 Å². The van der Waals surface area contributed by atoms with Crippen molar-refractivity contribution < 1.29 is 23.9 Å². The van der Waals surface area contributed by atoms with Crippen LogP contribution >= 0.6 is 0 Å². The van der Waals surface area contributed by atoms with Crippen molar-refractivity contribution in [2.75, 3.05) is 37.6 Å². The first-order valence-electron chi connectivity index (χ1n) is 15.4. The van der Waals surface area contributed by atoms with E-state index in [2.05, 4.69) is 36.4 Å². The number of aryl methyl sites for hydroxylation is 1. The first-order valence-corrected chi connectivity index (χ1v) is 15.4. The lowest BCUT2D eigenvalue weighted by Crippen LogP contribution is -2.21. The van der Waals surface area contributed by atoms with Gasteiger partial charge in [-0.2, -0.15) is 5.10 Å². The van der Waals surface area contributed by atoms with Gasteiger partial charge in [0.15, 0.2) is 11.6 Å². The van der Waals surface area contributed by atoms with Crippen molar-refractivity contribution in [3.63, 3.8) is 0 Å². The summed E-state index contributed by atoms with van der Waals surface area (Å²) in [7, 11) is 1.56. The van der Waals surface area contributed by atoms with Gasteiger partial charge in [0.1, 0.15) is 12.4 Å². The van der Waals surface area contributed by atoms with Crippen molar-refractivity contribution in [3.05, 3.63) is 113 Å². The van der Waals surface area contributed by atoms with Gasteiger partial charge in [0.2, 0.25) is 0 Å². The summed E-state index contributed by atoms with van der Waals surface area (Å²) in [6.45, 7) is 8.90. The van der Waals surface area contributed by atoms with Gasteiger partial charge < -0.3 is 14.8 Å². The number of carbonyl (C=O) groups excluding carboxylic acids is 3. The number of amides is 2. The molecule has 0 fully saturated rings. The molecule has 0 aliphatic rings. The number of methoxy groups -OCH3 is 1. The molecule has 5 aromatic rings. The number of carbonyl (C=O) groups is 3. The first-order chi connectivity index (χ1) is 22.5. The van der Waals surface area contributed by atoms with Crippen LogP contribution in [0.3, 0.4) is 0 Å². The van der Waals surface area contributed by atoms with Gasteiger partial charge in [-0.3, -0.25) is 19.9 Å². The van der Waals surface area contributed by atoms with E-state index in [9.17, 15) is 14.4 Å². The van der Waals surface area contributed by atoms with E-state index < -0.39 is 6.03 Å². The van der Waals surface area contributed by atoms with Gasteiger partial charge in [-0.15, -0.1) is 0 Å². The highest BCUT2D eigenvalue weighted by Crippen LogP contribution is 2.30. The van der Waals surface area contributed by atoms with E-state index in [1.165, 1.54) is 6.20 Å². The Kier molecular flexibility index (Phi) is 10.2. The summed E-state index contributed by atoms with van der Waals surface area (Å²) in [6, 6.07) is 23.4. The number of fused-ring (bicyclic) bond motifs is 1. The molecule has 0 unspecified atom stereocenters. The molecular formula is C37H39N5O5. The van der Waals surface area contributed by atoms with Crippen LogP contribution in [0, 0.1) is 6.92 Å². The minimum atomic E-state index is -0.447. The molecule has 10 heteroatoms. The third-order valence-corrected chi connectivity index (χ3v) is 7.57. The summed E-state index contributed by atoms with van der Waals surface area (Å²) in [6.07, 6.45) is 1.57. The molecule has 0 bridgehead atoms. The quantitative estimate of drug-likeness (QED) is 0.116. The zero-order valence-electron chi connectivity index (χ0n) is 27.3. The Morgan fingerprint density at radius 2 is 1.62 bits per heavy atom. The average Bonchev–Trinajstić information content (AvgIpc) is 3.48. The van der Waals surface area contributed by atoms with Crippen LogP contribution in [0.4, 0.5) is 16.3 Å². The zero-order chi connectivity index (χ0) is 33.6.